The van der Waals surface area contributed by atoms with Gasteiger partial charge in [0, 0.05) is 24.5 Å². The topological polar surface area (TPSA) is 105 Å². The van der Waals surface area contributed by atoms with Gasteiger partial charge in [0.15, 0.2) is 0 Å². The van der Waals surface area contributed by atoms with Gasteiger partial charge in [-0.2, -0.15) is 4.31 Å². The van der Waals surface area contributed by atoms with E-state index >= 15 is 0 Å². The normalized spacial score (nSPS) is 14.4. The molecular weight excluding hydrogens is 394 g/mol. The molecule has 9 heteroatoms. The molecule has 1 amide bonds. The van der Waals surface area contributed by atoms with Crippen LogP contribution in [0.15, 0.2) is 53.4 Å². The van der Waals surface area contributed by atoms with E-state index in [-0.39, 0.29) is 17.3 Å². The zero-order valence-corrected chi connectivity index (χ0v) is 16.9. The molecule has 154 valence electrons. The summed E-state index contributed by atoms with van der Waals surface area (Å²) in [4.78, 5) is 23.8. The lowest BCUT2D eigenvalue weighted by Crippen LogP contribution is -2.27. The minimum absolute atomic E-state index is 0.0192. The number of sulfonamides is 1. The summed E-state index contributed by atoms with van der Waals surface area (Å²) in [7, 11) is -2.15. The molecule has 0 bridgehead atoms. The van der Waals surface area contributed by atoms with Crippen molar-refractivity contribution in [1.82, 2.24) is 4.31 Å². The van der Waals surface area contributed by atoms with Gasteiger partial charge in [-0.25, -0.2) is 13.2 Å². The highest BCUT2D eigenvalue weighted by Crippen LogP contribution is 2.22. The summed E-state index contributed by atoms with van der Waals surface area (Å²) in [5.41, 5.74) is 1.62. The fraction of sp³-hybridized carbons (Fsp3) is 0.300. The summed E-state index contributed by atoms with van der Waals surface area (Å²) in [6.07, 6.45) is 1.76. The summed E-state index contributed by atoms with van der Waals surface area (Å²) >= 11 is 0. The molecule has 0 unspecified atom stereocenters. The van der Waals surface area contributed by atoms with E-state index in [1.807, 2.05) is 0 Å². The van der Waals surface area contributed by atoms with Crippen LogP contribution >= 0.6 is 0 Å². The number of amides is 1. The number of esters is 1. The Bertz CT molecular complexity index is 966. The molecule has 0 radical (unpaired) electrons. The SMILES string of the molecule is COC(=O)c1ccc(NCC(=O)Nc2ccc(S(=O)(=O)N3CCCC3)cc2)cc1. The van der Waals surface area contributed by atoms with Gasteiger partial charge in [-0.1, -0.05) is 0 Å². The zero-order valence-electron chi connectivity index (χ0n) is 16.1. The molecule has 2 aromatic rings. The average Bonchev–Trinajstić information content (AvgIpc) is 3.28. The van der Waals surface area contributed by atoms with E-state index in [1.165, 1.54) is 23.5 Å². The van der Waals surface area contributed by atoms with Crippen molar-refractivity contribution in [1.29, 1.82) is 0 Å². The van der Waals surface area contributed by atoms with Crippen LogP contribution in [-0.2, 0) is 19.6 Å². The number of benzene rings is 2. The Morgan fingerprint density at radius 3 is 2.14 bits per heavy atom. The van der Waals surface area contributed by atoms with Crippen LogP contribution in [0.4, 0.5) is 11.4 Å². The van der Waals surface area contributed by atoms with Gasteiger partial charge in [0.05, 0.1) is 24.1 Å². The van der Waals surface area contributed by atoms with Crippen LogP contribution in [0.5, 0.6) is 0 Å². The molecule has 0 aliphatic carbocycles. The molecule has 1 fully saturated rings. The lowest BCUT2D eigenvalue weighted by Gasteiger charge is -2.15. The minimum atomic E-state index is -3.47. The van der Waals surface area contributed by atoms with Gasteiger partial charge >= 0.3 is 5.97 Å². The van der Waals surface area contributed by atoms with Crippen molar-refractivity contribution in [2.45, 2.75) is 17.7 Å². The molecule has 1 aliphatic heterocycles. The number of carbonyl (C=O) groups excluding carboxylic acids is 2. The maximum absolute atomic E-state index is 12.5. The molecule has 1 aliphatic rings. The summed E-state index contributed by atoms with van der Waals surface area (Å²) < 4.78 is 31.1. The third-order valence-electron chi connectivity index (χ3n) is 4.60. The fourth-order valence-electron chi connectivity index (χ4n) is 3.02. The molecule has 3 rings (SSSR count). The number of nitrogens with zero attached hydrogens (tertiary/aromatic N) is 1. The number of hydrogen-bond acceptors (Lipinski definition) is 6. The fourth-order valence-corrected chi connectivity index (χ4v) is 4.53. The summed E-state index contributed by atoms with van der Waals surface area (Å²) in [6, 6.07) is 12.7. The Kier molecular flexibility index (Phi) is 6.50. The standard InChI is InChI=1S/C20H23N3O5S/c1-28-20(25)15-4-6-16(7-5-15)21-14-19(24)22-17-8-10-18(11-9-17)29(26,27)23-12-2-3-13-23/h4-11,21H,2-3,12-14H2,1H3,(H,22,24). The van der Waals surface area contributed by atoms with Crippen molar-refractivity contribution < 1.29 is 22.7 Å². The second-order valence-electron chi connectivity index (χ2n) is 6.61. The van der Waals surface area contributed by atoms with Gasteiger partial charge in [-0.15, -0.1) is 0 Å². The molecule has 2 aromatic carbocycles. The largest absolute Gasteiger partial charge is 0.465 e. The van der Waals surface area contributed by atoms with Crippen LogP contribution in [0, 0.1) is 0 Å². The zero-order chi connectivity index (χ0) is 20.9. The Labute approximate surface area is 169 Å². The van der Waals surface area contributed by atoms with Gasteiger partial charge in [0.1, 0.15) is 0 Å². The Balaban J connectivity index is 1.53. The predicted octanol–water partition coefficient (Wildman–Crippen LogP) is 2.31. The number of nitrogens with one attached hydrogen (secondary N) is 2. The van der Waals surface area contributed by atoms with Gasteiger partial charge in [0.25, 0.3) is 0 Å². The number of hydrogen-bond donors (Lipinski definition) is 2. The first-order valence-electron chi connectivity index (χ1n) is 9.22. The summed E-state index contributed by atoms with van der Waals surface area (Å²) in [5, 5.41) is 5.67. The van der Waals surface area contributed by atoms with Gasteiger partial charge in [-0.3, -0.25) is 4.79 Å². The van der Waals surface area contributed by atoms with Crippen molar-refractivity contribution in [3.63, 3.8) is 0 Å². The number of rotatable bonds is 7. The van der Waals surface area contributed by atoms with Crippen LogP contribution in [0.3, 0.4) is 0 Å². The Morgan fingerprint density at radius 1 is 0.966 bits per heavy atom. The van der Waals surface area contributed by atoms with Gasteiger partial charge < -0.3 is 15.4 Å². The van der Waals surface area contributed by atoms with Crippen LogP contribution < -0.4 is 10.6 Å². The summed E-state index contributed by atoms with van der Waals surface area (Å²) in [5.74, 6) is -0.707. The third-order valence-corrected chi connectivity index (χ3v) is 6.51. The first-order chi connectivity index (χ1) is 13.9. The van der Waals surface area contributed by atoms with Gasteiger partial charge in [0.2, 0.25) is 15.9 Å². The second kappa shape index (κ2) is 9.06. The molecule has 0 aromatic heterocycles. The Morgan fingerprint density at radius 2 is 1.55 bits per heavy atom. The minimum Gasteiger partial charge on any atom is -0.465 e. The second-order valence-corrected chi connectivity index (χ2v) is 8.54. The first kappa shape index (κ1) is 20.8. The maximum Gasteiger partial charge on any atom is 0.337 e. The van der Waals surface area contributed by atoms with E-state index in [4.69, 9.17) is 0 Å². The molecule has 0 atom stereocenters. The molecule has 1 saturated heterocycles. The van der Waals surface area contributed by atoms with Crippen LogP contribution in [0.2, 0.25) is 0 Å². The molecule has 0 spiro atoms. The highest BCUT2D eigenvalue weighted by molar-refractivity contribution is 7.89. The number of ether oxygens (including phenoxy) is 1. The molecule has 2 N–H and O–H groups in total. The van der Waals surface area contributed by atoms with Crippen molar-refractivity contribution in [3.8, 4) is 0 Å². The first-order valence-corrected chi connectivity index (χ1v) is 10.7. The van der Waals surface area contributed by atoms with Crippen molar-refractivity contribution in [2.24, 2.45) is 0 Å². The third kappa shape index (κ3) is 5.12. The molecule has 29 heavy (non-hydrogen) atoms. The molecule has 0 saturated carbocycles. The van der Waals surface area contributed by atoms with Crippen LogP contribution in [0.25, 0.3) is 0 Å². The van der Waals surface area contributed by atoms with E-state index in [9.17, 15) is 18.0 Å². The monoisotopic (exact) mass is 417 g/mol. The quantitative estimate of drug-likeness (QED) is 0.670. The Hall–Kier alpha value is -2.91. The van der Waals surface area contributed by atoms with Crippen LogP contribution in [0.1, 0.15) is 23.2 Å². The number of carbonyl (C=O) groups is 2. The predicted molar refractivity (Wildman–Crippen MR) is 109 cm³/mol. The molecule has 8 nitrogen and oxygen atoms in total. The lowest BCUT2D eigenvalue weighted by molar-refractivity contribution is -0.114. The molecule has 1 heterocycles. The van der Waals surface area contributed by atoms with Crippen molar-refractivity contribution >= 4 is 33.3 Å². The van der Waals surface area contributed by atoms with E-state index in [0.717, 1.165) is 12.8 Å². The average molecular weight is 417 g/mol. The van der Waals surface area contributed by atoms with Gasteiger partial charge in [-0.05, 0) is 61.4 Å². The van der Waals surface area contributed by atoms with E-state index in [2.05, 4.69) is 15.4 Å². The maximum atomic E-state index is 12.5. The highest BCUT2D eigenvalue weighted by atomic mass is 32.2. The smallest absolute Gasteiger partial charge is 0.337 e. The van der Waals surface area contributed by atoms with Crippen LogP contribution in [-0.4, -0.2) is 51.3 Å². The number of anilines is 2. The van der Waals surface area contributed by atoms with E-state index < -0.39 is 16.0 Å². The van der Waals surface area contributed by atoms with Crippen molar-refractivity contribution in [2.75, 3.05) is 37.4 Å². The lowest BCUT2D eigenvalue weighted by atomic mass is 10.2. The number of methoxy groups -OCH3 is 1. The van der Waals surface area contributed by atoms with E-state index in [1.54, 1.807) is 36.4 Å². The van der Waals surface area contributed by atoms with E-state index in [0.29, 0.717) is 30.0 Å². The highest BCUT2D eigenvalue weighted by Gasteiger charge is 2.26. The summed E-state index contributed by atoms with van der Waals surface area (Å²) in [6.45, 7) is 1.12. The van der Waals surface area contributed by atoms with Crippen molar-refractivity contribution in [3.05, 3.63) is 54.1 Å². The molecular formula is C20H23N3O5S.